The Morgan fingerprint density at radius 2 is 2.07 bits per heavy atom. The summed E-state index contributed by atoms with van der Waals surface area (Å²) in [7, 11) is 1.68. The Morgan fingerprint density at radius 3 is 2.57 bits per heavy atom. The fraction of sp³-hybridized carbons (Fsp3) is 0.455. The van der Waals surface area contributed by atoms with Crippen molar-refractivity contribution in [1.82, 2.24) is 0 Å². The third kappa shape index (κ3) is 1.55. The van der Waals surface area contributed by atoms with Gasteiger partial charge in [0.2, 0.25) is 0 Å². The standard InChI is InChI=1S/C11H14BrNO/c1-7-5-8(11(13)3-4-11)6-9(14-2)10(7)12/h5-6H,3-4,13H2,1-2H3. The molecule has 2 N–H and O–H groups in total. The van der Waals surface area contributed by atoms with Crippen molar-refractivity contribution in [3.8, 4) is 5.75 Å². The molecule has 2 nitrogen and oxygen atoms in total. The average Bonchev–Trinajstić information content (AvgIpc) is 2.89. The van der Waals surface area contributed by atoms with Crippen molar-refractivity contribution in [2.24, 2.45) is 5.73 Å². The highest BCUT2D eigenvalue weighted by Gasteiger charge is 2.40. The van der Waals surface area contributed by atoms with Gasteiger partial charge in [-0.05, 0) is 52.9 Å². The Hall–Kier alpha value is -0.540. The van der Waals surface area contributed by atoms with Crippen LogP contribution in [0.1, 0.15) is 24.0 Å². The predicted octanol–water partition coefficient (Wildman–Crippen LogP) is 2.71. The lowest BCUT2D eigenvalue weighted by atomic mass is 10.0. The monoisotopic (exact) mass is 255 g/mol. The number of halogens is 1. The highest BCUT2D eigenvalue weighted by molar-refractivity contribution is 9.10. The zero-order valence-electron chi connectivity index (χ0n) is 8.43. The second-order valence-electron chi connectivity index (χ2n) is 3.97. The first-order valence-corrected chi connectivity index (χ1v) is 5.49. The van der Waals surface area contributed by atoms with Crippen molar-refractivity contribution in [3.05, 3.63) is 27.7 Å². The summed E-state index contributed by atoms with van der Waals surface area (Å²) in [5.74, 6) is 0.872. The van der Waals surface area contributed by atoms with E-state index in [4.69, 9.17) is 10.5 Å². The van der Waals surface area contributed by atoms with Crippen molar-refractivity contribution < 1.29 is 4.74 Å². The maximum Gasteiger partial charge on any atom is 0.133 e. The maximum atomic E-state index is 6.14. The molecular weight excluding hydrogens is 242 g/mol. The van der Waals surface area contributed by atoms with Crippen molar-refractivity contribution in [3.63, 3.8) is 0 Å². The van der Waals surface area contributed by atoms with Gasteiger partial charge < -0.3 is 10.5 Å². The highest BCUT2D eigenvalue weighted by Crippen LogP contribution is 2.45. The SMILES string of the molecule is COc1cc(C2(N)CC2)cc(C)c1Br. The molecule has 0 heterocycles. The van der Waals surface area contributed by atoms with Crippen LogP contribution >= 0.6 is 15.9 Å². The van der Waals surface area contributed by atoms with Crippen LogP contribution in [0.2, 0.25) is 0 Å². The van der Waals surface area contributed by atoms with Crippen molar-refractivity contribution >= 4 is 15.9 Å². The first kappa shape index (κ1) is 9.99. The van der Waals surface area contributed by atoms with E-state index >= 15 is 0 Å². The zero-order valence-corrected chi connectivity index (χ0v) is 10.0. The van der Waals surface area contributed by atoms with Crippen LogP contribution in [0.3, 0.4) is 0 Å². The van der Waals surface area contributed by atoms with Crippen LogP contribution in [0, 0.1) is 6.92 Å². The van der Waals surface area contributed by atoms with Crippen molar-refractivity contribution in [1.29, 1.82) is 0 Å². The van der Waals surface area contributed by atoms with Gasteiger partial charge in [-0.15, -0.1) is 0 Å². The second kappa shape index (κ2) is 3.24. The molecule has 0 amide bonds. The van der Waals surface area contributed by atoms with Gasteiger partial charge in [0.15, 0.2) is 0 Å². The molecule has 0 atom stereocenters. The molecule has 0 saturated heterocycles. The second-order valence-corrected chi connectivity index (χ2v) is 4.76. The van der Waals surface area contributed by atoms with E-state index in [9.17, 15) is 0 Å². The van der Waals surface area contributed by atoms with Crippen LogP contribution in [0.25, 0.3) is 0 Å². The van der Waals surface area contributed by atoms with E-state index in [1.165, 1.54) is 11.1 Å². The molecule has 1 saturated carbocycles. The molecule has 1 fully saturated rings. The molecule has 14 heavy (non-hydrogen) atoms. The minimum atomic E-state index is -0.0846. The Balaban J connectivity index is 2.48. The number of hydrogen-bond acceptors (Lipinski definition) is 2. The smallest absolute Gasteiger partial charge is 0.133 e. The maximum absolute atomic E-state index is 6.14. The molecule has 1 aromatic rings. The van der Waals surface area contributed by atoms with E-state index in [0.717, 1.165) is 23.1 Å². The van der Waals surface area contributed by atoms with Crippen LogP contribution in [-0.4, -0.2) is 7.11 Å². The summed E-state index contributed by atoms with van der Waals surface area (Å²) in [5, 5.41) is 0. The number of benzene rings is 1. The first-order valence-electron chi connectivity index (χ1n) is 4.70. The number of nitrogens with two attached hydrogens (primary N) is 1. The Labute approximate surface area is 92.6 Å². The third-order valence-corrected chi connectivity index (χ3v) is 3.82. The van der Waals surface area contributed by atoms with Gasteiger partial charge in [0.05, 0.1) is 11.6 Å². The molecule has 76 valence electrons. The largest absolute Gasteiger partial charge is 0.496 e. The van der Waals surface area contributed by atoms with Gasteiger partial charge in [-0.25, -0.2) is 0 Å². The molecule has 0 unspecified atom stereocenters. The lowest BCUT2D eigenvalue weighted by Gasteiger charge is -2.14. The van der Waals surface area contributed by atoms with Crippen LogP contribution in [0.4, 0.5) is 0 Å². The fourth-order valence-electron chi connectivity index (χ4n) is 1.60. The lowest BCUT2D eigenvalue weighted by Crippen LogP contribution is -2.18. The van der Waals surface area contributed by atoms with Crippen LogP contribution in [-0.2, 0) is 5.54 Å². The van der Waals surface area contributed by atoms with E-state index in [1.54, 1.807) is 7.11 Å². The van der Waals surface area contributed by atoms with Crippen LogP contribution in [0.15, 0.2) is 16.6 Å². The van der Waals surface area contributed by atoms with Gasteiger partial charge in [0, 0.05) is 5.54 Å². The summed E-state index contributed by atoms with van der Waals surface area (Å²) >= 11 is 3.50. The fourth-order valence-corrected chi connectivity index (χ4v) is 1.99. The number of aryl methyl sites for hydroxylation is 1. The lowest BCUT2D eigenvalue weighted by molar-refractivity contribution is 0.410. The third-order valence-electron chi connectivity index (χ3n) is 2.80. The van der Waals surface area contributed by atoms with Gasteiger partial charge in [-0.3, -0.25) is 0 Å². The van der Waals surface area contributed by atoms with E-state index in [1.807, 2.05) is 6.07 Å². The molecule has 0 spiro atoms. The van der Waals surface area contributed by atoms with E-state index < -0.39 is 0 Å². The van der Waals surface area contributed by atoms with E-state index in [-0.39, 0.29) is 5.54 Å². The predicted molar refractivity (Wildman–Crippen MR) is 60.5 cm³/mol. The zero-order chi connectivity index (χ0) is 10.3. The Morgan fingerprint density at radius 1 is 1.43 bits per heavy atom. The van der Waals surface area contributed by atoms with Crippen LogP contribution < -0.4 is 10.5 Å². The molecular formula is C11H14BrNO. The summed E-state index contributed by atoms with van der Waals surface area (Å²) < 4.78 is 6.31. The number of ether oxygens (including phenoxy) is 1. The Bertz CT molecular complexity index is 372. The van der Waals surface area contributed by atoms with Crippen molar-refractivity contribution in [2.75, 3.05) is 7.11 Å². The number of methoxy groups -OCH3 is 1. The average molecular weight is 256 g/mol. The number of hydrogen-bond donors (Lipinski definition) is 1. The summed E-state index contributed by atoms with van der Waals surface area (Å²) in [5.41, 5.74) is 8.42. The molecule has 0 radical (unpaired) electrons. The summed E-state index contributed by atoms with van der Waals surface area (Å²) in [6.45, 7) is 2.06. The normalized spacial score (nSPS) is 18.0. The van der Waals surface area contributed by atoms with Gasteiger partial charge in [-0.2, -0.15) is 0 Å². The molecule has 0 bridgehead atoms. The van der Waals surface area contributed by atoms with Crippen LogP contribution in [0.5, 0.6) is 5.75 Å². The highest BCUT2D eigenvalue weighted by atomic mass is 79.9. The molecule has 1 aliphatic rings. The van der Waals surface area contributed by atoms with E-state index in [2.05, 4.69) is 28.9 Å². The molecule has 3 heteroatoms. The topological polar surface area (TPSA) is 35.2 Å². The first-order chi connectivity index (χ1) is 6.57. The Kier molecular flexibility index (Phi) is 2.32. The summed E-state index contributed by atoms with van der Waals surface area (Å²) in [6.07, 6.45) is 2.16. The molecule has 1 aromatic carbocycles. The van der Waals surface area contributed by atoms with Gasteiger partial charge in [0.1, 0.15) is 5.75 Å². The summed E-state index contributed by atoms with van der Waals surface area (Å²) in [6, 6.07) is 4.17. The quantitative estimate of drug-likeness (QED) is 0.882. The van der Waals surface area contributed by atoms with Gasteiger partial charge >= 0.3 is 0 Å². The van der Waals surface area contributed by atoms with Crippen molar-refractivity contribution in [2.45, 2.75) is 25.3 Å². The molecule has 0 aliphatic heterocycles. The van der Waals surface area contributed by atoms with E-state index in [0.29, 0.717) is 0 Å². The summed E-state index contributed by atoms with van der Waals surface area (Å²) in [4.78, 5) is 0. The molecule has 2 rings (SSSR count). The minimum Gasteiger partial charge on any atom is -0.496 e. The minimum absolute atomic E-state index is 0.0846. The number of rotatable bonds is 2. The van der Waals surface area contributed by atoms with Gasteiger partial charge in [-0.1, -0.05) is 6.07 Å². The molecule has 0 aromatic heterocycles. The van der Waals surface area contributed by atoms with Gasteiger partial charge in [0.25, 0.3) is 0 Å². The molecule has 1 aliphatic carbocycles.